The van der Waals surface area contributed by atoms with Crippen LogP contribution in [0.5, 0.6) is 0 Å². The van der Waals surface area contributed by atoms with Crippen molar-refractivity contribution in [3.8, 4) is 0 Å². The molecule has 0 radical (unpaired) electrons. The van der Waals surface area contributed by atoms with Gasteiger partial charge in [-0.3, -0.25) is 9.59 Å². The van der Waals surface area contributed by atoms with Crippen LogP contribution < -0.4 is 5.32 Å². The molecule has 2 saturated heterocycles. The zero-order valence-electron chi connectivity index (χ0n) is 12.9. The molecule has 0 aromatic heterocycles. The van der Waals surface area contributed by atoms with E-state index in [0.717, 1.165) is 26.1 Å². The van der Waals surface area contributed by atoms with Gasteiger partial charge < -0.3 is 15.1 Å². The Hall–Kier alpha value is -1.10. The zero-order chi connectivity index (χ0) is 14.7. The summed E-state index contributed by atoms with van der Waals surface area (Å²) >= 11 is 0. The smallest absolute Gasteiger partial charge is 0.243 e. The van der Waals surface area contributed by atoms with Crippen LogP contribution in [0.2, 0.25) is 0 Å². The Labute approximate surface area is 121 Å². The highest BCUT2D eigenvalue weighted by Crippen LogP contribution is 2.22. The summed E-state index contributed by atoms with van der Waals surface area (Å²) in [6.07, 6.45) is 3.43. The lowest BCUT2D eigenvalue weighted by atomic mass is 9.92. The Morgan fingerprint density at radius 2 is 1.90 bits per heavy atom. The fraction of sp³-hybridized carbons (Fsp3) is 0.867. The van der Waals surface area contributed by atoms with Crippen molar-refractivity contribution in [2.45, 2.75) is 39.2 Å². The van der Waals surface area contributed by atoms with Gasteiger partial charge in [-0.05, 0) is 51.2 Å². The number of nitrogens with one attached hydrogen (secondary N) is 1. The van der Waals surface area contributed by atoms with Gasteiger partial charge in [0, 0.05) is 6.54 Å². The molecule has 114 valence electrons. The largest absolute Gasteiger partial charge is 0.345 e. The summed E-state index contributed by atoms with van der Waals surface area (Å²) in [6, 6.07) is -0.289. The number of carbonyl (C=O) groups is 2. The summed E-state index contributed by atoms with van der Waals surface area (Å²) < 4.78 is 0. The number of amides is 2. The van der Waals surface area contributed by atoms with E-state index < -0.39 is 0 Å². The van der Waals surface area contributed by atoms with Gasteiger partial charge >= 0.3 is 0 Å². The zero-order valence-corrected chi connectivity index (χ0v) is 12.9. The van der Waals surface area contributed by atoms with E-state index in [1.54, 1.807) is 0 Å². The van der Waals surface area contributed by atoms with Crippen molar-refractivity contribution in [3.05, 3.63) is 0 Å². The van der Waals surface area contributed by atoms with Gasteiger partial charge in [-0.15, -0.1) is 0 Å². The lowest BCUT2D eigenvalue weighted by Crippen LogP contribution is -2.60. The van der Waals surface area contributed by atoms with Crippen molar-refractivity contribution < 1.29 is 9.59 Å². The van der Waals surface area contributed by atoms with Gasteiger partial charge in [0.2, 0.25) is 11.8 Å². The van der Waals surface area contributed by atoms with Crippen molar-refractivity contribution in [2.24, 2.45) is 11.8 Å². The molecule has 20 heavy (non-hydrogen) atoms. The number of piperazine rings is 1. The second-order valence-electron chi connectivity index (χ2n) is 6.53. The molecule has 5 nitrogen and oxygen atoms in total. The number of hydrogen-bond acceptors (Lipinski definition) is 3. The van der Waals surface area contributed by atoms with Gasteiger partial charge in [0.15, 0.2) is 0 Å². The third kappa shape index (κ3) is 3.51. The number of rotatable bonds is 4. The van der Waals surface area contributed by atoms with Crippen LogP contribution in [0.15, 0.2) is 0 Å². The van der Waals surface area contributed by atoms with E-state index in [4.69, 9.17) is 0 Å². The molecule has 2 aliphatic heterocycles. The number of likely N-dealkylation sites (tertiary alicyclic amines) is 1. The predicted molar refractivity (Wildman–Crippen MR) is 78.2 cm³/mol. The monoisotopic (exact) mass is 281 g/mol. The summed E-state index contributed by atoms with van der Waals surface area (Å²) in [5, 5.41) is 2.70. The highest BCUT2D eigenvalue weighted by Gasteiger charge is 2.36. The first kappa shape index (κ1) is 15.3. The van der Waals surface area contributed by atoms with Gasteiger partial charge in [0.25, 0.3) is 0 Å². The minimum atomic E-state index is -0.289. The van der Waals surface area contributed by atoms with Crippen LogP contribution in [-0.4, -0.2) is 60.9 Å². The maximum absolute atomic E-state index is 12.1. The van der Waals surface area contributed by atoms with Crippen molar-refractivity contribution in [1.29, 1.82) is 0 Å². The molecule has 2 aliphatic rings. The van der Waals surface area contributed by atoms with E-state index in [0.29, 0.717) is 5.92 Å². The third-order valence-electron chi connectivity index (χ3n) is 4.59. The maximum Gasteiger partial charge on any atom is 0.243 e. The van der Waals surface area contributed by atoms with E-state index >= 15 is 0 Å². The Morgan fingerprint density at radius 3 is 2.50 bits per heavy atom. The summed E-state index contributed by atoms with van der Waals surface area (Å²) in [5.41, 5.74) is 0. The van der Waals surface area contributed by atoms with Crippen LogP contribution in [0.3, 0.4) is 0 Å². The molecule has 5 heteroatoms. The fourth-order valence-electron chi connectivity index (χ4n) is 3.26. The van der Waals surface area contributed by atoms with E-state index in [1.165, 1.54) is 12.8 Å². The molecule has 1 unspecified atom stereocenters. The Kier molecular flexibility index (Phi) is 5.02. The number of carbonyl (C=O) groups excluding carboxylic acids is 2. The van der Waals surface area contributed by atoms with E-state index in [-0.39, 0.29) is 30.3 Å². The second kappa shape index (κ2) is 6.57. The molecule has 0 aromatic carbocycles. The molecule has 2 fully saturated rings. The van der Waals surface area contributed by atoms with Gasteiger partial charge in [0.1, 0.15) is 6.04 Å². The highest BCUT2D eigenvalue weighted by molar-refractivity contribution is 5.94. The minimum absolute atomic E-state index is 0.00276. The number of hydrogen-bond donors (Lipinski definition) is 1. The van der Waals surface area contributed by atoms with Crippen molar-refractivity contribution in [2.75, 3.05) is 33.2 Å². The minimum Gasteiger partial charge on any atom is -0.345 e. The van der Waals surface area contributed by atoms with Gasteiger partial charge in [-0.2, -0.15) is 0 Å². The molecule has 0 spiro atoms. The molecule has 1 atom stereocenters. The first-order valence-corrected chi connectivity index (χ1v) is 7.74. The van der Waals surface area contributed by atoms with Gasteiger partial charge in [-0.25, -0.2) is 0 Å². The van der Waals surface area contributed by atoms with E-state index in [1.807, 2.05) is 18.7 Å². The van der Waals surface area contributed by atoms with Gasteiger partial charge in [0.05, 0.1) is 6.54 Å². The fourth-order valence-corrected chi connectivity index (χ4v) is 3.26. The first-order valence-electron chi connectivity index (χ1n) is 7.74. The van der Waals surface area contributed by atoms with Crippen LogP contribution in [0.25, 0.3) is 0 Å². The molecule has 2 amide bonds. The third-order valence-corrected chi connectivity index (χ3v) is 4.59. The van der Waals surface area contributed by atoms with Crippen molar-refractivity contribution in [3.63, 3.8) is 0 Å². The Bertz CT molecular complexity index is 362. The molecule has 0 bridgehead atoms. The summed E-state index contributed by atoms with van der Waals surface area (Å²) in [7, 11) is 2.16. The molecule has 1 N–H and O–H groups in total. The second-order valence-corrected chi connectivity index (χ2v) is 6.53. The SMILES string of the molecule is CC(C)C1C(=O)NCC(=O)N1CCC1CCN(C)CC1. The molecule has 0 aliphatic carbocycles. The standard InChI is InChI=1S/C15H27N3O2/c1-11(2)14-15(20)16-10-13(19)18(14)9-6-12-4-7-17(3)8-5-12/h11-12,14H,4-10H2,1-3H3,(H,16,20). The van der Waals surface area contributed by atoms with E-state index in [2.05, 4.69) is 17.3 Å². The Morgan fingerprint density at radius 1 is 1.25 bits per heavy atom. The topological polar surface area (TPSA) is 52.7 Å². The molecular weight excluding hydrogens is 254 g/mol. The quantitative estimate of drug-likeness (QED) is 0.825. The molecule has 0 aromatic rings. The normalized spacial score (nSPS) is 26.2. The summed E-state index contributed by atoms with van der Waals surface area (Å²) in [4.78, 5) is 28.2. The predicted octanol–water partition coefficient (Wildman–Crippen LogP) is 0.701. The van der Waals surface area contributed by atoms with Crippen LogP contribution in [0, 0.1) is 11.8 Å². The number of nitrogens with zero attached hydrogens (tertiary/aromatic N) is 2. The lowest BCUT2D eigenvalue weighted by Gasteiger charge is -2.38. The Balaban J connectivity index is 1.91. The summed E-state index contributed by atoms with van der Waals surface area (Å²) in [5.74, 6) is 0.924. The highest BCUT2D eigenvalue weighted by atomic mass is 16.2. The van der Waals surface area contributed by atoms with Gasteiger partial charge in [-0.1, -0.05) is 13.8 Å². The van der Waals surface area contributed by atoms with Crippen LogP contribution in [0.4, 0.5) is 0 Å². The lowest BCUT2D eigenvalue weighted by molar-refractivity contribution is -0.147. The van der Waals surface area contributed by atoms with Crippen LogP contribution in [-0.2, 0) is 9.59 Å². The summed E-state index contributed by atoms with van der Waals surface area (Å²) in [6.45, 7) is 7.19. The average molecular weight is 281 g/mol. The van der Waals surface area contributed by atoms with E-state index in [9.17, 15) is 9.59 Å². The molecular formula is C15H27N3O2. The van der Waals surface area contributed by atoms with Crippen molar-refractivity contribution >= 4 is 11.8 Å². The molecule has 2 rings (SSSR count). The first-order chi connectivity index (χ1) is 9.49. The molecule has 2 heterocycles. The maximum atomic E-state index is 12.1. The molecule has 0 saturated carbocycles. The average Bonchev–Trinajstić information content (AvgIpc) is 2.41. The van der Waals surface area contributed by atoms with Crippen LogP contribution >= 0.6 is 0 Å². The number of piperidine rings is 1. The van der Waals surface area contributed by atoms with Crippen molar-refractivity contribution in [1.82, 2.24) is 15.1 Å². The van der Waals surface area contributed by atoms with Crippen LogP contribution in [0.1, 0.15) is 33.1 Å².